The minimum absolute atomic E-state index is 0.150. The zero-order valence-electron chi connectivity index (χ0n) is 6.06. The third kappa shape index (κ3) is 0.978. The molecule has 0 saturated carbocycles. The van der Waals surface area contributed by atoms with Crippen LogP contribution in [0.2, 0.25) is 0 Å². The first-order valence-electron chi connectivity index (χ1n) is 3.36. The number of imidazole rings is 1. The summed E-state index contributed by atoms with van der Waals surface area (Å²) in [6.07, 6.45) is 1.14. The van der Waals surface area contributed by atoms with Gasteiger partial charge in [-0.15, -0.1) is 0 Å². The number of nitrogens with zero attached hydrogens (tertiary/aromatic N) is 2. The molecule has 2 N–H and O–H groups in total. The summed E-state index contributed by atoms with van der Waals surface area (Å²) >= 11 is 0. The molecule has 2 rings (SSSR count). The van der Waals surface area contributed by atoms with E-state index in [1.54, 1.807) is 0 Å². The minimum Gasteiger partial charge on any atom is -0.354 e. The Balaban J connectivity index is 2.61. The average molecular weight is 189 g/mol. The summed E-state index contributed by atoms with van der Waals surface area (Å²) in [6, 6.07) is 0. The molecule has 0 unspecified atom stereocenters. The average Bonchev–Trinajstić information content (AvgIpc) is 2.37. The molecule has 0 aliphatic carbocycles. The van der Waals surface area contributed by atoms with Crippen LogP contribution in [0.15, 0.2) is 11.2 Å². The van der Waals surface area contributed by atoms with Gasteiger partial charge in [0.25, 0.3) is 0 Å². The van der Waals surface area contributed by atoms with Gasteiger partial charge in [-0.1, -0.05) is 0 Å². The van der Waals surface area contributed by atoms with Gasteiger partial charge in [0.05, 0.1) is 6.20 Å². The van der Waals surface area contributed by atoms with Crippen LogP contribution in [0.5, 0.6) is 0 Å². The van der Waals surface area contributed by atoms with E-state index in [1.165, 1.54) is 4.57 Å². The van der Waals surface area contributed by atoms with Gasteiger partial charge in [0.2, 0.25) is 5.95 Å². The van der Waals surface area contributed by atoms with Crippen LogP contribution in [0.4, 0.5) is 5.95 Å². The van der Waals surface area contributed by atoms with Crippen molar-refractivity contribution >= 4 is 16.1 Å². The second-order valence-corrected chi connectivity index (χ2v) is 3.84. The summed E-state index contributed by atoms with van der Waals surface area (Å²) in [7, 11) is -4.12. The first-order valence-corrected chi connectivity index (χ1v) is 4.80. The summed E-state index contributed by atoms with van der Waals surface area (Å²) in [5.74, 6) is 0.489. The molecule has 0 spiro atoms. The highest BCUT2D eigenvalue weighted by atomic mass is 32.2. The lowest BCUT2D eigenvalue weighted by molar-refractivity contribution is 0.472. The van der Waals surface area contributed by atoms with E-state index in [1.807, 2.05) is 0 Å². The Labute approximate surface area is 69.0 Å². The van der Waals surface area contributed by atoms with Gasteiger partial charge in [-0.25, -0.2) is 4.98 Å². The molecule has 0 amide bonds. The predicted molar refractivity (Wildman–Crippen MR) is 40.5 cm³/mol. The van der Waals surface area contributed by atoms with Gasteiger partial charge in [-0.05, 0) is 0 Å². The zero-order chi connectivity index (χ0) is 8.77. The number of aromatic nitrogens is 2. The number of nitrogens with one attached hydrogen (secondary N) is 1. The smallest absolute Gasteiger partial charge is 0.311 e. The highest BCUT2D eigenvalue weighted by Crippen LogP contribution is 2.18. The fourth-order valence-electron chi connectivity index (χ4n) is 1.20. The van der Waals surface area contributed by atoms with Crippen LogP contribution >= 0.6 is 0 Å². The third-order valence-corrected chi connectivity index (χ3v) is 2.56. The molecule has 1 aromatic heterocycles. The maximum Gasteiger partial charge on any atom is 0.311 e. The Morgan fingerprint density at radius 3 is 3.08 bits per heavy atom. The summed E-state index contributed by atoms with van der Waals surface area (Å²) in [5.41, 5.74) is 0. The molecule has 1 aliphatic rings. The van der Waals surface area contributed by atoms with E-state index in [4.69, 9.17) is 4.55 Å². The van der Waals surface area contributed by atoms with E-state index in [0.717, 1.165) is 6.20 Å². The molecule has 12 heavy (non-hydrogen) atoms. The molecule has 6 nitrogen and oxygen atoms in total. The maximum atomic E-state index is 10.7. The van der Waals surface area contributed by atoms with Crippen molar-refractivity contribution in [3.63, 3.8) is 0 Å². The van der Waals surface area contributed by atoms with Crippen molar-refractivity contribution in [3.05, 3.63) is 6.20 Å². The van der Waals surface area contributed by atoms with E-state index >= 15 is 0 Å². The van der Waals surface area contributed by atoms with Gasteiger partial charge in [0.1, 0.15) is 0 Å². The third-order valence-electron chi connectivity index (χ3n) is 1.70. The van der Waals surface area contributed by atoms with E-state index in [0.29, 0.717) is 19.0 Å². The number of anilines is 1. The SMILES string of the molecule is O=S(=O)(O)c1cnc2n1CCN2. The lowest BCUT2D eigenvalue weighted by atomic mass is 10.7. The lowest BCUT2D eigenvalue weighted by Crippen LogP contribution is -2.06. The van der Waals surface area contributed by atoms with Gasteiger partial charge < -0.3 is 5.32 Å². The molecule has 0 bridgehead atoms. The van der Waals surface area contributed by atoms with Crippen molar-refractivity contribution in [2.75, 3.05) is 11.9 Å². The summed E-state index contributed by atoms with van der Waals surface area (Å²) in [4.78, 5) is 3.78. The van der Waals surface area contributed by atoms with Gasteiger partial charge >= 0.3 is 10.1 Å². The van der Waals surface area contributed by atoms with Gasteiger partial charge in [0.15, 0.2) is 5.03 Å². The van der Waals surface area contributed by atoms with Crippen molar-refractivity contribution in [3.8, 4) is 0 Å². The Kier molecular flexibility index (Phi) is 1.39. The molecule has 66 valence electrons. The number of rotatable bonds is 1. The Hall–Kier alpha value is -1.08. The lowest BCUT2D eigenvalue weighted by Gasteiger charge is -1.97. The zero-order valence-corrected chi connectivity index (χ0v) is 6.87. The van der Waals surface area contributed by atoms with Crippen molar-refractivity contribution in [2.45, 2.75) is 11.6 Å². The van der Waals surface area contributed by atoms with Crippen LogP contribution in [0.1, 0.15) is 0 Å². The first kappa shape index (κ1) is 7.56. The fourth-order valence-corrected chi connectivity index (χ4v) is 1.84. The van der Waals surface area contributed by atoms with Gasteiger partial charge in [-0.3, -0.25) is 9.12 Å². The van der Waals surface area contributed by atoms with Crippen LogP contribution < -0.4 is 5.32 Å². The molecule has 7 heteroatoms. The largest absolute Gasteiger partial charge is 0.354 e. The van der Waals surface area contributed by atoms with Crippen LogP contribution in [-0.2, 0) is 16.7 Å². The van der Waals surface area contributed by atoms with Crippen molar-refractivity contribution in [2.24, 2.45) is 0 Å². The summed E-state index contributed by atoms with van der Waals surface area (Å²) < 4.78 is 31.6. The Bertz CT molecular complexity index is 408. The van der Waals surface area contributed by atoms with E-state index in [9.17, 15) is 8.42 Å². The number of fused-ring (bicyclic) bond motifs is 1. The molecular weight excluding hydrogens is 182 g/mol. The molecule has 0 radical (unpaired) electrons. The summed E-state index contributed by atoms with van der Waals surface area (Å²) in [5, 5.41) is 2.72. The standard InChI is InChI=1S/C5H7N3O3S/c9-12(10,11)4-3-7-5-6-1-2-8(4)5/h3H,1-2H2,(H,6,7)(H,9,10,11). The first-order chi connectivity index (χ1) is 5.59. The van der Waals surface area contributed by atoms with Crippen molar-refractivity contribution in [1.29, 1.82) is 0 Å². The number of hydrogen-bond donors (Lipinski definition) is 2. The van der Waals surface area contributed by atoms with E-state index in [2.05, 4.69) is 10.3 Å². The van der Waals surface area contributed by atoms with Crippen LogP contribution in [-0.4, -0.2) is 29.1 Å². The van der Waals surface area contributed by atoms with Crippen LogP contribution in [0, 0.1) is 0 Å². The van der Waals surface area contributed by atoms with Crippen molar-refractivity contribution < 1.29 is 13.0 Å². The van der Waals surface area contributed by atoms with Crippen LogP contribution in [0.3, 0.4) is 0 Å². The normalized spacial score (nSPS) is 15.8. The van der Waals surface area contributed by atoms with Gasteiger partial charge in [-0.2, -0.15) is 8.42 Å². The highest BCUT2D eigenvalue weighted by molar-refractivity contribution is 7.85. The molecule has 0 aromatic carbocycles. The minimum atomic E-state index is -4.12. The van der Waals surface area contributed by atoms with Crippen molar-refractivity contribution in [1.82, 2.24) is 9.55 Å². The Morgan fingerprint density at radius 1 is 1.67 bits per heavy atom. The second kappa shape index (κ2) is 2.20. The maximum absolute atomic E-state index is 10.7. The molecule has 0 atom stereocenters. The predicted octanol–water partition coefficient (Wildman–Crippen LogP) is -0.445. The molecule has 0 saturated heterocycles. The molecule has 1 aromatic rings. The fraction of sp³-hybridized carbons (Fsp3) is 0.400. The summed E-state index contributed by atoms with van der Waals surface area (Å²) in [6.45, 7) is 1.16. The van der Waals surface area contributed by atoms with Crippen LogP contribution in [0.25, 0.3) is 0 Å². The Morgan fingerprint density at radius 2 is 2.42 bits per heavy atom. The van der Waals surface area contributed by atoms with E-state index < -0.39 is 10.1 Å². The quantitative estimate of drug-likeness (QED) is 0.585. The molecule has 0 fully saturated rings. The highest BCUT2D eigenvalue weighted by Gasteiger charge is 2.22. The van der Waals surface area contributed by atoms with E-state index in [-0.39, 0.29) is 5.03 Å². The molecule has 1 aliphatic heterocycles. The molecule has 2 heterocycles. The second-order valence-electron chi connectivity index (χ2n) is 2.47. The monoisotopic (exact) mass is 189 g/mol. The molecular formula is C5H7N3O3S. The topological polar surface area (TPSA) is 84.2 Å². The van der Waals surface area contributed by atoms with Gasteiger partial charge in [0, 0.05) is 13.1 Å². The number of hydrogen-bond acceptors (Lipinski definition) is 4.